The number of anilines is 1. The van der Waals surface area contributed by atoms with E-state index in [9.17, 15) is 9.59 Å². The minimum absolute atomic E-state index is 0.0457. The monoisotopic (exact) mass is 428 g/mol. The zero-order valence-corrected chi connectivity index (χ0v) is 18.1. The third kappa shape index (κ3) is 7.27. The molecule has 166 valence electrons. The molecule has 0 spiro atoms. The van der Waals surface area contributed by atoms with Gasteiger partial charge in [-0.05, 0) is 55.5 Å². The van der Waals surface area contributed by atoms with E-state index in [0.717, 1.165) is 10.6 Å². The number of carbonyl (C=O) groups is 2. The SMILES string of the molecule is CCOc1ccc(Oc2ccc(NC(=O)C[NH+](C)CC(=O)N3CCOCC3)cc2)cc1. The van der Waals surface area contributed by atoms with Crippen molar-refractivity contribution in [3.8, 4) is 17.2 Å². The summed E-state index contributed by atoms with van der Waals surface area (Å²) in [6, 6.07) is 14.6. The van der Waals surface area contributed by atoms with Crippen molar-refractivity contribution in [2.75, 3.05) is 58.4 Å². The van der Waals surface area contributed by atoms with Gasteiger partial charge in [-0.25, -0.2) is 0 Å². The molecule has 1 saturated heterocycles. The van der Waals surface area contributed by atoms with E-state index in [1.807, 2.05) is 38.2 Å². The van der Waals surface area contributed by atoms with Crippen molar-refractivity contribution >= 4 is 17.5 Å². The first-order chi connectivity index (χ1) is 15.0. The fourth-order valence-electron chi connectivity index (χ4n) is 3.24. The van der Waals surface area contributed by atoms with Gasteiger partial charge in [-0.1, -0.05) is 0 Å². The number of nitrogens with one attached hydrogen (secondary N) is 2. The van der Waals surface area contributed by atoms with E-state index in [4.69, 9.17) is 14.2 Å². The third-order valence-corrected chi connectivity index (χ3v) is 4.79. The summed E-state index contributed by atoms with van der Waals surface area (Å²) in [5.41, 5.74) is 0.677. The van der Waals surface area contributed by atoms with E-state index >= 15 is 0 Å². The summed E-state index contributed by atoms with van der Waals surface area (Å²) in [5, 5.41) is 2.86. The van der Waals surface area contributed by atoms with E-state index in [0.29, 0.717) is 50.1 Å². The molecule has 0 aromatic heterocycles. The molecule has 1 heterocycles. The highest BCUT2D eigenvalue weighted by Gasteiger charge is 2.21. The average Bonchev–Trinajstić information content (AvgIpc) is 2.77. The van der Waals surface area contributed by atoms with Gasteiger partial charge in [0.1, 0.15) is 17.2 Å². The zero-order chi connectivity index (χ0) is 22.1. The number of hydrogen-bond donors (Lipinski definition) is 2. The molecule has 8 heteroatoms. The molecule has 1 aliphatic rings. The summed E-state index contributed by atoms with van der Waals surface area (Å²) in [4.78, 5) is 27.2. The number of nitrogens with zero attached hydrogens (tertiary/aromatic N) is 1. The van der Waals surface area contributed by atoms with Gasteiger partial charge >= 0.3 is 0 Å². The summed E-state index contributed by atoms with van der Waals surface area (Å²) in [7, 11) is 1.84. The van der Waals surface area contributed by atoms with Crippen LogP contribution in [0.5, 0.6) is 17.2 Å². The molecule has 2 amide bonds. The van der Waals surface area contributed by atoms with Gasteiger partial charge < -0.3 is 29.3 Å². The Morgan fingerprint density at radius 3 is 2.16 bits per heavy atom. The van der Waals surface area contributed by atoms with Gasteiger partial charge in [0.2, 0.25) is 0 Å². The molecule has 8 nitrogen and oxygen atoms in total. The molecule has 1 unspecified atom stereocenters. The maximum atomic E-state index is 12.3. The molecule has 3 rings (SSSR count). The highest BCUT2D eigenvalue weighted by Crippen LogP contribution is 2.25. The van der Waals surface area contributed by atoms with Gasteiger partial charge in [0.15, 0.2) is 13.1 Å². The molecule has 0 bridgehead atoms. The molecule has 1 fully saturated rings. The lowest BCUT2D eigenvalue weighted by atomic mass is 10.3. The fraction of sp³-hybridized carbons (Fsp3) is 0.391. The predicted molar refractivity (Wildman–Crippen MR) is 117 cm³/mol. The van der Waals surface area contributed by atoms with Gasteiger partial charge in [0.05, 0.1) is 26.9 Å². The lowest BCUT2D eigenvalue weighted by Crippen LogP contribution is -3.11. The summed E-state index contributed by atoms with van der Waals surface area (Å²) < 4.78 is 16.5. The third-order valence-electron chi connectivity index (χ3n) is 4.79. The molecule has 1 aliphatic heterocycles. The summed E-state index contributed by atoms with van der Waals surface area (Å²) >= 11 is 0. The van der Waals surface area contributed by atoms with Gasteiger partial charge in [0, 0.05) is 18.8 Å². The van der Waals surface area contributed by atoms with Crippen molar-refractivity contribution in [3.05, 3.63) is 48.5 Å². The van der Waals surface area contributed by atoms with E-state index in [-0.39, 0.29) is 24.9 Å². The number of carbonyl (C=O) groups excluding carboxylic acids is 2. The van der Waals surface area contributed by atoms with Crippen LogP contribution in [0.15, 0.2) is 48.5 Å². The van der Waals surface area contributed by atoms with Crippen LogP contribution >= 0.6 is 0 Å². The van der Waals surface area contributed by atoms with E-state index < -0.39 is 0 Å². The Labute approximate surface area is 182 Å². The normalized spacial score (nSPS) is 14.6. The number of benzene rings is 2. The predicted octanol–water partition coefficient (Wildman–Crippen LogP) is 1.19. The molecule has 2 aromatic carbocycles. The minimum Gasteiger partial charge on any atom is -0.494 e. The van der Waals surface area contributed by atoms with Crippen molar-refractivity contribution in [1.82, 2.24) is 4.90 Å². The summed E-state index contributed by atoms with van der Waals surface area (Å²) in [6.07, 6.45) is 0. The van der Waals surface area contributed by atoms with E-state index in [1.54, 1.807) is 29.2 Å². The van der Waals surface area contributed by atoms with Crippen LogP contribution in [0.3, 0.4) is 0 Å². The van der Waals surface area contributed by atoms with Crippen LogP contribution in [0.2, 0.25) is 0 Å². The maximum Gasteiger partial charge on any atom is 0.279 e. The second kappa shape index (κ2) is 11.3. The van der Waals surface area contributed by atoms with Gasteiger partial charge in [-0.2, -0.15) is 0 Å². The molecule has 1 atom stereocenters. The van der Waals surface area contributed by atoms with E-state index in [1.165, 1.54) is 0 Å². The van der Waals surface area contributed by atoms with Crippen LogP contribution in [-0.4, -0.2) is 69.8 Å². The lowest BCUT2D eigenvalue weighted by molar-refractivity contribution is -0.862. The van der Waals surface area contributed by atoms with Crippen molar-refractivity contribution in [2.45, 2.75) is 6.92 Å². The Morgan fingerprint density at radius 2 is 1.55 bits per heavy atom. The second-order valence-electron chi connectivity index (χ2n) is 7.38. The Bertz CT molecular complexity index is 849. The molecule has 0 saturated carbocycles. The Balaban J connectivity index is 1.44. The number of morpholine rings is 1. The molecule has 0 radical (unpaired) electrons. The standard InChI is InChI=1S/C23H29N3O5/c1-3-30-19-8-10-21(11-9-19)31-20-6-4-18(5-7-20)24-22(27)16-25(2)17-23(28)26-12-14-29-15-13-26/h4-11H,3,12-17H2,1-2H3,(H,24,27)/p+1. The number of rotatable bonds is 9. The molecule has 31 heavy (non-hydrogen) atoms. The Hall–Kier alpha value is -3.10. The number of hydrogen-bond acceptors (Lipinski definition) is 5. The van der Waals surface area contributed by atoms with Gasteiger partial charge in [-0.15, -0.1) is 0 Å². The second-order valence-corrected chi connectivity index (χ2v) is 7.38. The minimum atomic E-state index is -0.146. The number of ether oxygens (including phenoxy) is 3. The highest BCUT2D eigenvalue weighted by molar-refractivity contribution is 5.91. The van der Waals surface area contributed by atoms with Crippen molar-refractivity contribution in [2.24, 2.45) is 0 Å². The fourth-order valence-corrected chi connectivity index (χ4v) is 3.24. The van der Waals surface area contributed by atoms with Crippen molar-refractivity contribution < 1.29 is 28.7 Å². The Kier molecular flexibility index (Phi) is 8.26. The quantitative estimate of drug-likeness (QED) is 0.627. The van der Waals surface area contributed by atoms with Crippen molar-refractivity contribution in [3.63, 3.8) is 0 Å². The molecule has 2 aromatic rings. The molecular formula is C23H30N3O5+. The molecular weight excluding hydrogens is 398 g/mol. The highest BCUT2D eigenvalue weighted by atomic mass is 16.5. The Morgan fingerprint density at radius 1 is 0.968 bits per heavy atom. The number of quaternary nitrogens is 1. The first kappa shape index (κ1) is 22.6. The van der Waals surface area contributed by atoms with Crippen LogP contribution in [0.1, 0.15) is 6.92 Å². The van der Waals surface area contributed by atoms with Crippen LogP contribution in [0.25, 0.3) is 0 Å². The summed E-state index contributed by atoms with van der Waals surface area (Å²) in [6.45, 7) is 5.42. The topological polar surface area (TPSA) is 81.5 Å². The molecule has 2 N–H and O–H groups in total. The molecule has 0 aliphatic carbocycles. The lowest BCUT2D eigenvalue weighted by Gasteiger charge is -2.27. The van der Waals surface area contributed by atoms with Crippen LogP contribution in [0, 0.1) is 0 Å². The average molecular weight is 429 g/mol. The van der Waals surface area contributed by atoms with Crippen molar-refractivity contribution in [1.29, 1.82) is 0 Å². The first-order valence-electron chi connectivity index (χ1n) is 10.5. The van der Waals surface area contributed by atoms with Crippen LogP contribution < -0.4 is 19.7 Å². The van der Waals surface area contributed by atoms with Crippen LogP contribution in [0.4, 0.5) is 5.69 Å². The van der Waals surface area contributed by atoms with E-state index in [2.05, 4.69) is 5.32 Å². The van der Waals surface area contributed by atoms with Gasteiger partial charge in [0.25, 0.3) is 11.8 Å². The number of likely N-dealkylation sites (N-methyl/N-ethyl adjacent to an activating group) is 1. The number of amides is 2. The first-order valence-corrected chi connectivity index (χ1v) is 10.5. The zero-order valence-electron chi connectivity index (χ0n) is 18.1. The largest absolute Gasteiger partial charge is 0.494 e. The summed E-state index contributed by atoms with van der Waals surface area (Å²) in [5.74, 6) is 2.07. The van der Waals surface area contributed by atoms with Crippen LogP contribution in [-0.2, 0) is 14.3 Å². The van der Waals surface area contributed by atoms with Gasteiger partial charge in [-0.3, -0.25) is 9.59 Å². The smallest absolute Gasteiger partial charge is 0.279 e. The maximum absolute atomic E-state index is 12.3.